The zero-order chi connectivity index (χ0) is 18.8. The van der Waals surface area contributed by atoms with E-state index >= 15 is 0 Å². The summed E-state index contributed by atoms with van der Waals surface area (Å²) < 4.78 is 1.31. The summed E-state index contributed by atoms with van der Waals surface area (Å²) in [6, 6.07) is 12.7. The Hall–Kier alpha value is -3.19. The number of benzene rings is 2. The van der Waals surface area contributed by atoms with E-state index in [4.69, 9.17) is 11.6 Å². The van der Waals surface area contributed by atoms with Crippen LogP contribution in [0.15, 0.2) is 59.4 Å². The molecule has 8 heteroatoms. The van der Waals surface area contributed by atoms with Gasteiger partial charge in [-0.25, -0.2) is 0 Å². The quantitative estimate of drug-likeness (QED) is 0.558. The molecule has 7 nitrogen and oxygen atoms in total. The third-order valence-electron chi connectivity index (χ3n) is 4.00. The maximum atomic E-state index is 12.6. The number of nitrogens with zero attached hydrogens (tertiary/aromatic N) is 2. The Balaban J connectivity index is 1.98. The number of aromatic nitrogens is 1. The molecule has 0 radical (unpaired) electrons. The molecule has 0 aliphatic rings. The van der Waals surface area contributed by atoms with Crippen LogP contribution in [0.1, 0.15) is 13.0 Å². The van der Waals surface area contributed by atoms with E-state index in [1.165, 1.54) is 34.9 Å². The fourth-order valence-corrected chi connectivity index (χ4v) is 2.79. The number of amides is 1. The molecule has 1 heterocycles. The van der Waals surface area contributed by atoms with Crippen molar-refractivity contribution in [3.63, 3.8) is 0 Å². The topological polar surface area (TPSA) is 94.2 Å². The maximum Gasteiger partial charge on any atom is 0.270 e. The van der Waals surface area contributed by atoms with Gasteiger partial charge in [-0.3, -0.25) is 24.3 Å². The zero-order valence-corrected chi connectivity index (χ0v) is 14.4. The third-order valence-corrected chi connectivity index (χ3v) is 4.25. The Labute approximate surface area is 153 Å². The second kappa shape index (κ2) is 6.97. The van der Waals surface area contributed by atoms with Crippen LogP contribution >= 0.6 is 11.6 Å². The van der Waals surface area contributed by atoms with Crippen LogP contribution < -0.4 is 10.9 Å². The van der Waals surface area contributed by atoms with Crippen molar-refractivity contribution in [3.05, 3.63) is 80.1 Å². The van der Waals surface area contributed by atoms with Crippen molar-refractivity contribution in [1.29, 1.82) is 0 Å². The predicted molar refractivity (Wildman–Crippen MR) is 99.7 cm³/mol. The molecule has 0 aliphatic carbocycles. The average molecular weight is 372 g/mol. The minimum Gasteiger partial charge on any atom is -0.324 e. The van der Waals surface area contributed by atoms with Gasteiger partial charge in [0.1, 0.15) is 6.04 Å². The van der Waals surface area contributed by atoms with Crippen molar-refractivity contribution < 1.29 is 9.72 Å². The highest BCUT2D eigenvalue weighted by molar-refractivity contribution is 6.30. The third kappa shape index (κ3) is 3.43. The number of pyridine rings is 1. The minimum atomic E-state index is -0.816. The number of fused-ring (bicyclic) bond motifs is 1. The highest BCUT2D eigenvalue weighted by Gasteiger charge is 2.19. The molecule has 0 fully saturated rings. The van der Waals surface area contributed by atoms with Crippen LogP contribution in [0.25, 0.3) is 10.9 Å². The van der Waals surface area contributed by atoms with Crippen LogP contribution in [0.3, 0.4) is 0 Å². The monoisotopic (exact) mass is 371 g/mol. The summed E-state index contributed by atoms with van der Waals surface area (Å²) in [4.78, 5) is 35.3. The summed E-state index contributed by atoms with van der Waals surface area (Å²) in [6.45, 7) is 1.59. The Morgan fingerprint density at radius 3 is 2.50 bits per heavy atom. The Bertz CT molecular complexity index is 1060. The predicted octanol–water partition coefficient (Wildman–Crippen LogP) is 3.76. The molecule has 0 aliphatic heterocycles. The highest BCUT2D eigenvalue weighted by Crippen LogP contribution is 2.22. The molecule has 3 rings (SSSR count). The lowest BCUT2D eigenvalue weighted by atomic mass is 10.1. The Morgan fingerprint density at radius 1 is 1.15 bits per heavy atom. The molecule has 132 valence electrons. The lowest BCUT2D eigenvalue weighted by Crippen LogP contribution is -2.31. The van der Waals surface area contributed by atoms with Crippen molar-refractivity contribution in [2.45, 2.75) is 13.0 Å². The van der Waals surface area contributed by atoms with Gasteiger partial charge in [-0.1, -0.05) is 11.6 Å². The van der Waals surface area contributed by atoms with Gasteiger partial charge in [-0.2, -0.15) is 0 Å². The number of halogens is 1. The first-order valence-corrected chi connectivity index (χ1v) is 8.11. The van der Waals surface area contributed by atoms with Crippen molar-refractivity contribution in [3.8, 4) is 0 Å². The van der Waals surface area contributed by atoms with Crippen LogP contribution in [0, 0.1) is 10.1 Å². The number of anilines is 1. The van der Waals surface area contributed by atoms with Gasteiger partial charge in [0.15, 0.2) is 0 Å². The molecule has 0 spiro atoms. The van der Waals surface area contributed by atoms with Gasteiger partial charge in [0, 0.05) is 34.3 Å². The first kappa shape index (κ1) is 17.6. The van der Waals surface area contributed by atoms with Gasteiger partial charge in [-0.05, 0) is 43.3 Å². The van der Waals surface area contributed by atoms with E-state index in [1.54, 1.807) is 31.2 Å². The molecule has 0 saturated carbocycles. The van der Waals surface area contributed by atoms with Crippen molar-refractivity contribution in [1.82, 2.24) is 4.57 Å². The standard InChI is InChI=1S/C18H14ClN3O4/c1-11(18(24)20-14-5-3-13(19)4-6-14)21-16-8-7-15(22(25)26)10-12(16)2-9-17(21)23/h2-11H,1H3,(H,20,24). The Morgan fingerprint density at radius 2 is 1.85 bits per heavy atom. The average Bonchev–Trinajstić information content (AvgIpc) is 2.62. The Kier molecular flexibility index (Phi) is 4.73. The molecule has 1 unspecified atom stereocenters. The number of hydrogen-bond acceptors (Lipinski definition) is 4. The SMILES string of the molecule is CC(C(=O)Nc1ccc(Cl)cc1)n1c(=O)ccc2cc([N+](=O)[O-])ccc21. The van der Waals surface area contributed by atoms with Gasteiger partial charge < -0.3 is 5.32 Å². The fourth-order valence-electron chi connectivity index (χ4n) is 2.67. The van der Waals surface area contributed by atoms with Crippen LogP contribution in [0.2, 0.25) is 5.02 Å². The number of hydrogen-bond donors (Lipinski definition) is 1. The smallest absolute Gasteiger partial charge is 0.270 e. The normalized spacial score (nSPS) is 11.9. The largest absolute Gasteiger partial charge is 0.324 e. The number of nitro benzene ring substituents is 1. The molecule has 1 atom stereocenters. The van der Waals surface area contributed by atoms with Gasteiger partial charge in [0.25, 0.3) is 11.2 Å². The first-order chi connectivity index (χ1) is 12.4. The molecular formula is C18H14ClN3O4. The summed E-state index contributed by atoms with van der Waals surface area (Å²) in [5.74, 6) is -0.389. The molecular weight excluding hydrogens is 358 g/mol. The molecule has 1 amide bonds. The zero-order valence-electron chi connectivity index (χ0n) is 13.7. The van der Waals surface area contributed by atoms with Crippen molar-refractivity contribution >= 4 is 39.8 Å². The van der Waals surface area contributed by atoms with E-state index in [-0.39, 0.29) is 17.2 Å². The van der Waals surface area contributed by atoms with E-state index in [1.807, 2.05) is 0 Å². The van der Waals surface area contributed by atoms with E-state index in [0.29, 0.717) is 21.6 Å². The summed E-state index contributed by atoms with van der Waals surface area (Å²) in [5, 5.41) is 14.7. The second-order valence-electron chi connectivity index (χ2n) is 5.71. The number of nitro groups is 1. The molecule has 0 bridgehead atoms. The molecule has 0 saturated heterocycles. The summed E-state index contributed by atoms with van der Waals surface area (Å²) in [6.07, 6.45) is 0. The molecule has 1 aromatic heterocycles. The number of nitrogens with one attached hydrogen (secondary N) is 1. The number of non-ortho nitro benzene ring substituents is 1. The van der Waals surface area contributed by atoms with Gasteiger partial charge in [-0.15, -0.1) is 0 Å². The van der Waals surface area contributed by atoms with Crippen molar-refractivity contribution in [2.75, 3.05) is 5.32 Å². The summed E-state index contributed by atoms with van der Waals surface area (Å²) in [5.41, 5.74) is 0.545. The second-order valence-corrected chi connectivity index (χ2v) is 6.15. The van der Waals surface area contributed by atoms with E-state index in [2.05, 4.69) is 5.32 Å². The number of rotatable bonds is 4. The first-order valence-electron chi connectivity index (χ1n) is 7.73. The van der Waals surface area contributed by atoms with Crippen LogP contribution in [0.5, 0.6) is 0 Å². The molecule has 26 heavy (non-hydrogen) atoms. The van der Waals surface area contributed by atoms with E-state index in [9.17, 15) is 19.7 Å². The van der Waals surface area contributed by atoms with Crippen LogP contribution in [-0.4, -0.2) is 15.4 Å². The minimum absolute atomic E-state index is 0.0824. The maximum absolute atomic E-state index is 12.6. The summed E-state index contributed by atoms with van der Waals surface area (Å²) in [7, 11) is 0. The number of carbonyl (C=O) groups is 1. The van der Waals surface area contributed by atoms with E-state index in [0.717, 1.165) is 0 Å². The van der Waals surface area contributed by atoms with Gasteiger partial charge in [0.2, 0.25) is 5.91 Å². The van der Waals surface area contributed by atoms with Gasteiger partial charge >= 0.3 is 0 Å². The fraction of sp³-hybridized carbons (Fsp3) is 0.111. The molecule has 3 aromatic rings. The van der Waals surface area contributed by atoms with Crippen molar-refractivity contribution in [2.24, 2.45) is 0 Å². The summed E-state index contributed by atoms with van der Waals surface area (Å²) >= 11 is 5.82. The highest BCUT2D eigenvalue weighted by atomic mass is 35.5. The van der Waals surface area contributed by atoms with Crippen LogP contribution in [-0.2, 0) is 4.79 Å². The lowest BCUT2D eigenvalue weighted by Gasteiger charge is -2.17. The molecule has 2 aromatic carbocycles. The van der Waals surface area contributed by atoms with E-state index < -0.39 is 11.0 Å². The van der Waals surface area contributed by atoms with Crippen LogP contribution in [0.4, 0.5) is 11.4 Å². The number of carbonyl (C=O) groups excluding carboxylic acids is 1. The van der Waals surface area contributed by atoms with Gasteiger partial charge in [0.05, 0.1) is 10.4 Å². The lowest BCUT2D eigenvalue weighted by molar-refractivity contribution is -0.384. The molecule has 1 N–H and O–H groups in total.